The molecule has 0 bridgehead atoms. The van der Waals surface area contributed by atoms with Crippen LogP contribution in [0, 0.1) is 0 Å². The average Bonchev–Trinajstić information content (AvgIpc) is 3.45. The Labute approximate surface area is 174 Å². The fourth-order valence-corrected chi connectivity index (χ4v) is 3.99. The Balaban J connectivity index is 1.17. The number of nitrogen functional groups attached to an aromatic ring is 1. The number of rotatable bonds is 6. The van der Waals surface area contributed by atoms with E-state index in [2.05, 4.69) is 60.6 Å². The van der Waals surface area contributed by atoms with Crippen LogP contribution in [-0.4, -0.2) is 51.1 Å². The number of aromatic amines is 1. The SMILES string of the molecule is Nc1nc(NCCN2CCC(c3ccccc3)CC2)nc2nc(-c3ccco3)[nH][n+]12. The van der Waals surface area contributed by atoms with Gasteiger partial charge in [0.2, 0.25) is 5.82 Å². The zero-order valence-corrected chi connectivity index (χ0v) is 16.7. The van der Waals surface area contributed by atoms with Crippen molar-refractivity contribution in [3.63, 3.8) is 0 Å². The summed E-state index contributed by atoms with van der Waals surface area (Å²) in [5, 5.41) is 6.32. The lowest BCUT2D eigenvalue weighted by atomic mass is 9.89. The van der Waals surface area contributed by atoms with E-state index in [0.29, 0.717) is 29.2 Å². The maximum atomic E-state index is 6.07. The van der Waals surface area contributed by atoms with E-state index in [9.17, 15) is 0 Å². The number of likely N-dealkylation sites (tertiary alicyclic amines) is 1. The summed E-state index contributed by atoms with van der Waals surface area (Å²) < 4.78 is 6.91. The highest BCUT2D eigenvalue weighted by atomic mass is 16.3. The first-order valence-electron chi connectivity index (χ1n) is 10.3. The van der Waals surface area contributed by atoms with E-state index in [4.69, 9.17) is 10.2 Å². The van der Waals surface area contributed by atoms with Gasteiger partial charge in [0.25, 0.3) is 0 Å². The smallest absolute Gasteiger partial charge is 0.384 e. The Kier molecular flexibility index (Phi) is 5.02. The van der Waals surface area contributed by atoms with Gasteiger partial charge in [-0.15, -0.1) is 4.52 Å². The van der Waals surface area contributed by atoms with Crippen LogP contribution in [0.25, 0.3) is 17.4 Å². The lowest BCUT2D eigenvalue weighted by Crippen LogP contribution is -2.36. The van der Waals surface area contributed by atoms with Crippen molar-refractivity contribution in [3.8, 4) is 11.6 Å². The van der Waals surface area contributed by atoms with Gasteiger partial charge in [0.05, 0.1) is 6.26 Å². The zero-order valence-electron chi connectivity index (χ0n) is 16.7. The monoisotopic (exact) mass is 405 g/mol. The molecule has 0 saturated carbocycles. The van der Waals surface area contributed by atoms with Crippen LogP contribution in [0.2, 0.25) is 0 Å². The Morgan fingerprint density at radius 1 is 1.10 bits per heavy atom. The third kappa shape index (κ3) is 3.84. The molecule has 0 amide bonds. The second-order valence-electron chi connectivity index (χ2n) is 7.54. The molecule has 4 N–H and O–H groups in total. The summed E-state index contributed by atoms with van der Waals surface area (Å²) in [6.45, 7) is 3.89. The number of furan rings is 1. The maximum absolute atomic E-state index is 6.07. The molecule has 9 nitrogen and oxygen atoms in total. The molecule has 1 saturated heterocycles. The second-order valence-corrected chi connectivity index (χ2v) is 7.54. The molecular formula is C21H25N8O+. The third-order valence-electron chi connectivity index (χ3n) is 5.61. The molecular weight excluding hydrogens is 380 g/mol. The Hall–Kier alpha value is -3.46. The molecule has 4 aromatic rings. The molecule has 0 aliphatic carbocycles. The number of anilines is 2. The summed E-state index contributed by atoms with van der Waals surface area (Å²) in [6.07, 6.45) is 3.98. The van der Waals surface area contributed by atoms with Gasteiger partial charge in [-0.25, -0.2) is 5.10 Å². The number of benzene rings is 1. The maximum Gasteiger partial charge on any atom is 0.384 e. The van der Waals surface area contributed by atoms with Crippen molar-refractivity contribution in [2.75, 3.05) is 37.2 Å². The van der Waals surface area contributed by atoms with Crippen LogP contribution in [0.5, 0.6) is 0 Å². The van der Waals surface area contributed by atoms with E-state index in [0.717, 1.165) is 26.2 Å². The number of nitrogens with one attached hydrogen (secondary N) is 2. The molecule has 1 aliphatic heterocycles. The quantitative estimate of drug-likeness (QED) is 0.421. The van der Waals surface area contributed by atoms with Crippen LogP contribution in [0.4, 0.5) is 11.9 Å². The van der Waals surface area contributed by atoms with Crippen molar-refractivity contribution in [1.29, 1.82) is 0 Å². The summed E-state index contributed by atoms with van der Waals surface area (Å²) >= 11 is 0. The molecule has 3 aromatic heterocycles. The van der Waals surface area contributed by atoms with Gasteiger partial charge >= 0.3 is 17.7 Å². The minimum atomic E-state index is 0.288. The normalized spacial score (nSPS) is 15.6. The van der Waals surface area contributed by atoms with Crippen LogP contribution < -0.4 is 15.6 Å². The lowest BCUT2D eigenvalue weighted by molar-refractivity contribution is -0.566. The van der Waals surface area contributed by atoms with E-state index in [1.807, 2.05) is 6.07 Å². The molecule has 0 unspecified atom stereocenters. The van der Waals surface area contributed by atoms with E-state index in [1.165, 1.54) is 22.9 Å². The first kappa shape index (κ1) is 18.6. The van der Waals surface area contributed by atoms with E-state index in [1.54, 1.807) is 12.3 Å². The summed E-state index contributed by atoms with van der Waals surface area (Å²) in [6, 6.07) is 14.4. The number of H-pyrrole nitrogens is 1. The van der Waals surface area contributed by atoms with Gasteiger partial charge in [0, 0.05) is 13.1 Å². The molecule has 9 heteroatoms. The highest BCUT2D eigenvalue weighted by Gasteiger charge is 2.21. The lowest BCUT2D eigenvalue weighted by Gasteiger charge is -2.32. The van der Waals surface area contributed by atoms with Crippen LogP contribution in [0.15, 0.2) is 53.1 Å². The minimum Gasteiger partial charge on any atom is -0.460 e. The number of hydrogen-bond acceptors (Lipinski definition) is 7. The van der Waals surface area contributed by atoms with Crippen LogP contribution in [-0.2, 0) is 0 Å². The fraction of sp³-hybridized carbons (Fsp3) is 0.333. The largest absolute Gasteiger partial charge is 0.460 e. The fourth-order valence-electron chi connectivity index (χ4n) is 3.99. The van der Waals surface area contributed by atoms with Gasteiger partial charge in [0.1, 0.15) is 0 Å². The van der Waals surface area contributed by atoms with Gasteiger partial charge in [-0.1, -0.05) is 45.3 Å². The molecule has 0 radical (unpaired) electrons. The summed E-state index contributed by atoms with van der Waals surface area (Å²) in [5.74, 6) is 3.05. The van der Waals surface area contributed by atoms with Gasteiger partial charge in [-0.3, -0.25) is 0 Å². The van der Waals surface area contributed by atoms with Gasteiger partial charge in [-0.2, -0.15) is 0 Å². The average molecular weight is 405 g/mol. The standard InChI is InChI=1S/C21H24N8O/c22-19-25-20(26-21-24-18(27-29(19)21)17-7-4-14-30-17)23-10-13-28-11-8-16(9-12-28)15-5-2-1-3-6-15/h1-7,14,16H,8-13H2,(H3,22,23,24,25,26,27)/p+1. The van der Waals surface area contributed by atoms with Crippen molar-refractivity contribution in [3.05, 3.63) is 54.3 Å². The molecule has 1 aliphatic rings. The van der Waals surface area contributed by atoms with Crippen LogP contribution in [0.1, 0.15) is 24.3 Å². The van der Waals surface area contributed by atoms with Crippen molar-refractivity contribution in [2.45, 2.75) is 18.8 Å². The number of nitrogens with two attached hydrogens (primary N) is 1. The van der Waals surface area contributed by atoms with Gasteiger partial charge in [-0.05, 0) is 49.5 Å². The minimum absolute atomic E-state index is 0.288. The molecule has 0 atom stereocenters. The van der Waals surface area contributed by atoms with Crippen LogP contribution >= 0.6 is 0 Å². The van der Waals surface area contributed by atoms with Crippen molar-refractivity contribution >= 4 is 17.7 Å². The number of fused-ring (bicyclic) bond motifs is 1. The topological polar surface area (TPSA) is 113 Å². The molecule has 5 rings (SSSR count). The number of piperidine rings is 1. The van der Waals surface area contributed by atoms with Crippen molar-refractivity contribution in [2.24, 2.45) is 0 Å². The molecule has 154 valence electrons. The zero-order chi connectivity index (χ0) is 20.3. The predicted octanol–water partition coefficient (Wildman–Crippen LogP) is 2.07. The molecule has 4 heterocycles. The van der Waals surface area contributed by atoms with Crippen LogP contribution in [0.3, 0.4) is 0 Å². The molecule has 30 heavy (non-hydrogen) atoms. The number of aromatic nitrogens is 5. The third-order valence-corrected chi connectivity index (χ3v) is 5.61. The molecule has 1 fully saturated rings. The second kappa shape index (κ2) is 8.11. The van der Waals surface area contributed by atoms with E-state index < -0.39 is 0 Å². The summed E-state index contributed by atoms with van der Waals surface area (Å²) in [5.41, 5.74) is 7.52. The van der Waals surface area contributed by atoms with E-state index >= 15 is 0 Å². The number of hydrogen-bond donors (Lipinski definition) is 3. The Morgan fingerprint density at radius 2 is 1.93 bits per heavy atom. The highest BCUT2D eigenvalue weighted by molar-refractivity contribution is 5.48. The number of nitrogens with zero attached hydrogens (tertiary/aromatic N) is 5. The first-order chi connectivity index (χ1) is 14.8. The van der Waals surface area contributed by atoms with E-state index in [-0.39, 0.29) is 5.95 Å². The predicted molar refractivity (Wildman–Crippen MR) is 113 cm³/mol. The first-order valence-corrected chi connectivity index (χ1v) is 10.3. The Bertz CT molecular complexity index is 1100. The summed E-state index contributed by atoms with van der Waals surface area (Å²) in [7, 11) is 0. The Morgan fingerprint density at radius 3 is 2.70 bits per heavy atom. The van der Waals surface area contributed by atoms with Crippen molar-refractivity contribution in [1.82, 2.24) is 25.0 Å². The van der Waals surface area contributed by atoms with Gasteiger partial charge < -0.3 is 20.4 Å². The van der Waals surface area contributed by atoms with Gasteiger partial charge in [0.15, 0.2) is 5.76 Å². The highest BCUT2D eigenvalue weighted by Crippen LogP contribution is 2.27. The van der Waals surface area contributed by atoms with Crippen molar-refractivity contribution < 1.29 is 8.93 Å². The molecule has 0 spiro atoms. The summed E-state index contributed by atoms with van der Waals surface area (Å²) in [4.78, 5) is 15.7. The molecule has 1 aromatic carbocycles.